The molecule has 0 amide bonds. The quantitative estimate of drug-likeness (QED) is 0.617. The number of carbonyl (C=O) groups is 1. The van der Waals surface area contributed by atoms with Gasteiger partial charge in [0.25, 0.3) is 0 Å². The summed E-state index contributed by atoms with van der Waals surface area (Å²) < 4.78 is 5.01. The molecule has 76 valence electrons. The highest BCUT2D eigenvalue weighted by atomic mass is 16.5. The van der Waals surface area contributed by atoms with Gasteiger partial charge in [-0.1, -0.05) is 13.8 Å². The molecule has 1 saturated carbocycles. The SMILES string of the molecule is CCOC(=O)C1CCC(C)(C)CC1. The molecule has 2 heteroatoms. The minimum absolute atomic E-state index is 0.0120. The van der Waals surface area contributed by atoms with E-state index in [9.17, 15) is 4.79 Å². The van der Waals surface area contributed by atoms with Crippen molar-refractivity contribution in [2.24, 2.45) is 11.3 Å². The van der Waals surface area contributed by atoms with Crippen molar-refractivity contribution in [1.29, 1.82) is 0 Å². The third-order valence-corrected chi connectivity index (χ3v) is 2.96. The van der Waals surface area contributed by atoms with Gasteiger partial charge in [0.2, 0.25) is 0 Å². The number of esters is 1. The lowest BCUT2D eigenvalue weighted by atomic mass is 9.73. The second-order valence-corrected chi connectivity index (χ2v) is 4.69. The highest BCUT2D eigenvalue weighted by Gasteiger charge is 2.31. The average Bonchev–Trinajstić information content (AvgIpc) is 2.04. The fraction of sp³-hybridized carbons (Fsp3) is 0.909. The van der Waals surface area contributed by atoms with Gasteiger partial charge in [0, 0.05) is 0 Å². The zero-order chi connectivity index (χ0) is 9.90. The van der Waals surface area contributed by atoms with Crippen LogP contribution in [0.4, 0.5) is 0 Å². The molecular formula is C11H20O2. The van der Waals surface area contributed by atoms with E-state index in [0.29, 0.717) is 12.0 Å². The van der Waals surface area contributed by atoms with Crippen LogP contribution in [-0.2, 0) is 9.53 Å². The van der Waals surface area contributed by atoms with Crippen molar-refractivity contribution in [1.82, 2.24) is 0 Å². The molecule has 0 N–H and O–H groups in total. The number of rotatable bonds is 2. The van der Waals surface area contributed by atoms with Crippen LogP contribution in [0.25, 0.3) is 0 Å². The van der Waals surface area contributed by atoms with E-state index in [1.54, 1.807) is 0 Å². The molecule has 1 aliphatic carbocycles. The molecule has 0 spiro atoms. The first kappa shape index (κ1) is 10.6. The summed E-state index contributed by atoms with van der Waals surface area (Å²) >= 11 is 0. The van der Waals surface area contributed by atoms with Crippen LogP contribution in [0.5, 0.6) is 0 Å². The summed E-state index contributed by atoms with van der Waals surface area (Å²) in [5.41, 5.74) is 0.434. The standard InChI is InChI=1S/C11H20O2/c1-4-13-10(12)9-5-7-11(2,3)8-6-9/h9H,4-8H2,1-3H3. The number of hydrogen-bond acceptors (Lipinski definition) is 2. The fourth-order valence-corrected chi connectivity index (χ4v) is 1.90. The molecule has 0 radical (unpaired) electrons. The van der Waals surface area contributed by atoms with E-state index < -0.39 is 0 Å². The molecule has 0 unspecified atom stereocenters. The molecule has 0 saturated heterocycles. The zero-order valence-electron chi connectivity index (χ0n) is 8.93. The second-order valence-electron chi connectivity index (χ2n) is 4.69. The van der Waals surface area contributed by atoms with Gasteiger partial charge in [-0.15, -0.1) is 0 Å². The van der Waals surface area contributed by atoms with Gasteiger partial charge in [-0.05, 0) is 38.0 Å². The van der Waals surface area contributed by atoms with Gasteiger partial charge in [0.05, 0.1) is 12.5 Å². The Morgan fingerprint density at radius 3 is 2.38 bits per heavy atom. The van der Waals surface area contributed by atoms with Crippen molar-refractivity contribution < 1.29 is 9.53 Å². The summed E-state index contributed by atoms with van der Waals surface area (Å²) in [6.45, 7) is 6.92. The molecule has 13 heavy (non-hydrogen) atoms. The topological polar surface area (TPSA) is 26.3 Å². The van der Waals surface area contributed by atoms with Gasteiger partial charge >= 0.3 is 5.97 Å². The maximum atomic E-state index is 11.4. The average molecular weight is 184 g/mol. The van der Waals surface area contributed by atoms with Crippen molar-refractivity contribution >= 4 is 5.97 Å². The zero-order valence-corrected chi connectivity index (χ0v) is 8.93. The molecule has 1 rings (SSSR count). The smallest absolute Gasteiger partial charge is 0.308 e. The molecule has 2 nitrogen and oxygen atoms in total. The molecule has 0 aromatic rings. The van der Waals surface area contributed by atoms with E-state index in [2.05, 4.69) is 13.8 Å². The van der Waals surface area contributed by atoms with Crippen LogP contribution in [0.3, 0.4) is 0 Å². The van der Waals surface area contributed by atoms with Crippen molar-refractivity contribution in [2.75, 3.05) is 6.61 Å². The van der Waals surface area contributed by atoms with E-state index in [0.717, 1.165) is 25.7 Å². The van der Waals surface area contributed by atoms with Gasteiger partial charge < -0.3 is 4.74 Å². The molecule has 0 aromatic carbocycles. The molecule has 0 bridgehead atoms. The highest BCUT2D eigenvalue weighted by Crippen LogP contribution is 2.38. The molecule has 1 fully saturated rings. The number of hydrogen-bond donors (Lipinski definition) is 0. The summed E-state index contributed by atoms with van der Waals surface area (Å²) in [5.74, 6) is 0.186. The molecule has 0 atom stereocenters. The Morgan fingerprint density at radius 1 is 1.38 bits per heavy atom. The van der Waals surface area contributed by atoms with Crippen LogP contribution in [0, 0.1) is 11.3 Å². The minimum atomic E-state index is 0.0120. The normalized spacial score (nSPS) is 22.7. The monoisotopic (exact) mass is 184 g/mol. The maximum absolute atomic E-state index is 11.4. The van der Waals surface area contributed by atoms with Gasteiger partial charge in [0.15, 0.2) is 0 Å². The largest absolute Gasteiger partial charge is 0.466 e. The molecular weight excluding hydrogens is 164 g/mol. The van der Waals surface area contributed by atoms with Crippen LogP contribution in [0.1, 0.15) is 46.5 Å². The summed E-state index contributed by atoms with van der Waals surface area (Å²) in [4.78, 5) is 11.4. The first-order valence-corrected chi connectivity index (χ1v) is 5.22. The lowest BCUT2D eigenvalue weighted by molar-refractivity contribution is -0.149. The van der Waals surface area contributed by atoms with E-state index in [1.807, 2.05) is 6.92 Å². The second kappa shape index (κ2) is 4.12. The van der Waals surface area contributed by atoms with Crippen molar-refractivity contribution in [3.05, 3.63) is 0 Å². The summed E-state index contributed by atoms with van der Waals surface area (Å²) in [6, 6.07) is 0. The van der Waals surface area contributed by atoms with Crippen LogP contribution in [0.2, 0.25) is 0 Å². The summed E-state index contributed by atoms with van der Waals surface area (Å²) in [7, 11) is 0. The van der Waals surface area contributed by atoms with Crippen LogP contribution < -0.4 is 0 Å². The van der Waals surface area contributed by atoms with Gasteiger partial charge in [-0.3, -0.25) is 4.79 Å². The van der Waals surface area contributed by atoms with Crippen LogP contribution in [-0.4, -0.2) is 12.6 Å². The Morgan fingerprint density at radius 2 is 1.92 bits per heavy atom. The Hall–Kier alpha value is -0.530. The third kappa shape index (κ3) is 3.02. The Bertz CT molecular complexity index is 175. The summed E-state index contributed by atoms with van der Waals surface area (Å²) in [6.07, 6.45) is 4.31. The molecule has 0 aliphatic heterocycles. The molecule has 1 aliphatic rings. The van der Waals surface area contributed by atoms with Crippen molar-refractivity contribution in [2.45, 2.75) is 46.5 Å². The highest BCUT2D eigenvalue weighted by molar-refractivity contribution is 5.72. The van der Waals surface area contributed by atoms with Crippen LogP contribution in [0.15, 0.2) is 0 Å². The fourth-order valence-electron chi connectivity index (χ4n) is 1.90. The Labute approximate surface area is 80.7 Å². The van der Waals surface area contributed by atoms with Gasteiger partial charge in [-0.2, -0.15) is 0 Å². The predicted molar refractivity (Wildman–Crippen MR) is 52.4 cm³/mol. The lowest BCUT2D eigenvalue weighted by Crippen LogP contribution is -2.27. The predicted octanol–water partition coefficient (Wildman–Crippen LogP) is 2.77. The maximum Gasteiger partial charge on any atom is 0.308 e. The molecule has 0 aromatic heterocycles. The van der Waals surface area contributed by atoms with E-state index in [-0.39, 0.29) is 11.9 Å². The Balaban J connectivity index is 2.36. The van der Waals surface area contributed by atoms with Crippen LogP contribution >= 0.6 is 0 Å². The molecule has 0 heterocycles. The lowest BCUT2D eigenvalue weighted by Gasteiger charge is -2.33. The van der Waals surface area contributed by atoms with E-state index in [4.69, 9.17) is 4.74 Å². The number of ether oxygens (including phenoxy) is 1. The third-order valence-electron chi connectivity index (χ3n) is 2.96. The first-order valence-electron chi connectivity index (χ1n) is 5.22. The van der Waals surface area contributed by atoms with Gasteiger partial charge in [-0.25, -0.2) is 0 Å². The first-order chi connectivity index (χ1) is 6.05. The summed E-state index contributed by atoms with van der Waals surface area (Å²) in [5, 5.41) is 0. The van der Waals surface area contributed by atoms with E-state index >= 15 is 0 Å². The number of carbonyl (C=O) groups excluding carboxylic acids is 1. The van der Waals surface area contributed by atoms with Crippen molar-refractivity contribution in [3.63, 3.8) is 0 Å². The van der Waals surface area contributed by atoms with E-state index in [1.165, 1.54) is 0 Å². The Kier molecular flexibility index (Phi) is 3.34. The minimum Gasteiger partial charge on any atom is -0.466 e. The van der Waals surface area contributed by atoms with Crippen molar-refractivity contribution in [3.8, 4) is 0 Å². The van der Waals surface area contributed by atoms with Gasteiger partial charge in [0.1, 0.15) is 0 Å².